The average molecular weight is 546 g/mol. The molecule has 0 saturated carbocycles. The molecular weight excluding hydrogens is 502 g/mol. The minimum Gasteiger partial charge on any atom is -0.487 e. The van der Waals surface area contributed by atoms with E-state index in [1.165, 1.54) is 10.5 Å². The molecule has 0 fully saturated rings. The molecule has 204 valence electrons. The second-order valence-corrected chi connectivity index (χ2v) is 11.4. The van der Waals surface area contributed by atoms with Crippen LogP contribution in [0.4, 0.5) is 0 Å². The Hall–Kier alpha value is -2.26. The summed E-state index contributed by atoms with van der Waals surface area (Å²) in [6.45, 7) is 18.4. The Balaban J connectivity index is 0.000000252. The lowest BCUT2D eigenvalue weighted by molar-refractivity contribution is 0.174. The number of aryl methyl sites for hydroxylation is 2. The van der Waals surface area contributed by atoms with Crippen molar-refractivity contribution in [3.63, 3.8) is 0 Å². The molecule has 0 saturated heterocycles. The molecule has 1 atom stereocenters. The quantitative estimate of drug-likeness (QED) is 0.267. The van der Waals surface area contributed by atoms with Gasteiger partial charge in [-0.3, -0.25) is 0 Å². The topological polar surface area (TPSA) is 69.8 Å². The average Bonchev–Trinajstić information content (AvgIpc) is 3.53. The van der Waals surface area contributed by atoms with E-state index in [4.69, 9.17) is 19.9 Å². The van der Waals surface area contributed by atoms with Gasteiger partial charge in [0.15, 0.2) is 11.5 Å². The van der Waals surface area contributed by atoms with Gasteiger partial charge in [-0.2, -0.15) is 0 Å². The summed E-state index contributed by atoms with van der Waals surface area (Å²) >= 11 is 3.42. The molecule has 37 heavy (non-hydrogen) atoms. The van der Waals surface area contributed by atoms with Crippen molar-refractivity contribution in [2.24, 2.45) is 17.6 Å². The lowest BCUT2D eigenvalue weighted by atomic mass is 10.1. The van der Waals surface area contributed by atoms with E-state index >= 15 is 0 Å². The van der Waals surface area contributed by atoms with E-state index in [1.54, 1.807) is 23.3 Å². The molecule has 8 heteroatoms. The SMILES string of the molecule is CC.CC(C)CN(CC(C)CN)Sc1ccc2c(c1)OCO2.Cc1ccc(OCc2csc(C)n2)cc1. The number of benzene rings is 2. The Bertz CT molecular complexity index is 1040. The van der Waals surface area contributed by atoms with Gasteiger partial charge in [0, 0.05) is 23.4 Å². The largest absolute Gasteiger partial charge is 0.487 e. The van der Waals surface area contributed by atoms with Gasteiger partial charge in [0.25, 0.3) is 0 Å². The molecule has 3 aromatic rings. The van der Waals surface area contributed by atoms with Crippen LogP contribution >= 0.6 is 23.3 Å². The van der Waals surface area contributed by atoms with Crippen LogP contribution in [0.1, 0.15) is 50.9 Å². The zero-order chi connectivity index (χ0) is 27.2. The van der Waals surface area contributed by atoms with Crippen molar-refractivity contribution < 1.29 is 14.2 Å². The summed E-state index contributed by atoms with van der Waals surface area (Å²) in [4.78, 5) is 5.52. The zero-order valence-corrected chi connectivity index (χ0v) is 25.0. The predicted molar refractivity (Wildman–Crippen MR) is 157 cm³/mol. The van der Waals surface area contributed by atoms with Gasteiger partial charge in [0.05, 0.1) is 10.7 Å². The highest BCUT2D eigenvalue weighted by atomic mass is 32.2. The summed E-state index contributed by atoms with van der Waals surface area (Å²) in [5, 5.41) is 3.11. The molecule has 1 aliphatic rings. The highest BCUT2D eigenvalue weighted by Gasteiger charge is 2.17. The molecule has 2 aromatic carbocycles. The van der Waals surface area contributed by atoms with Gasteiger partial charge < -0.3 is 19.9 Å². The van der Waals surface area contributed by atoms with Crippen molar-refractivity contribution in [2.45, 2.75) is 60.0 Å². The van der Waals surface area contributed by atoms with Crippen LogP contribution in [0.15, 0.2) is 52.7 Å². The van der Waals surface area contributed by atoms with Gasteiger partial charge in [0.2, 0.25) is 6.79 Å². The van der Waals surface area contributed by atoms with Crippen LogP contribution in [-0.2, 0) is 6.61 Å². The number of nitrogens with two attached hydrogens (primary N) is 1. The van der Waals surface area contributed by atoms with Crippen molar-refractivity contribution in [3.8, 4) is 17.2 Å². The third-order valence-electron chi connectivity index (χ3n) is 5.14. The van der Waals surface area contributed by atoms with E-state index in [0.717, 1.165) is 47.6 Å². The number of hydrogen-bond donors (Lipinski definition) is 1. The molecule has 6 nitrogen and oxygen atoms in total. The third kappa shape index (κ3) is 11.3. The summed E-state index contributed by atoms with van der Waals surface area (Å²) in [7, 11) is 0. The van der Waals surface area contributed by atoms with Crippen LogP contribution in [0.2, 0.25) is 0 Å². The lowest BCUT2D eigenvalue weighted by Gasteiger charge is -2.25. The van der Waals surface area contributed by atoms with Crippen molar-refractivity contribution in [1.29, 1.82) is 0 Å². The summed E-state index contributed by atoms with van der Waals surface area (Å²) in [5.74, 6) is 3.69. The zero-order valence-electron chi connectivity index (χ0n) is 23.3. The minimum absolute atomic E-state index is 0.323. The van der Waals surface area contributed by atoms with Crippen LogP contribution in [0.5, 0.6) is 17.2 Å². The summed E-state index contributed by atoms with van der Waals surface area (Å²) in [6, 6.07) is 14.2. The first-order chi connectivity index (χ1) is 17.8. The van der Waals surface area contributed by atoms with E-state index in [0.29, 0.717) is 25.2 Å². The van der Waals surface area contributed by atoms with Crippen LogP contribution in [0.3, 0.4) is 0 Å². The van der Waals surface area contributed by atoms with Crippen molar-refractivity contribution in [1.82, 2.24) is 9.29 Å². The number of rotatable bonds is 10. The van der Waals surface area contributed by atoms with Crippen LogP contribution < -0.4 is 19.9 Å². The van der Waals surface area contributed by atoms with Gasteiger partial charge in [-0.1, -0.05) is 52.3 Å². The monoisotopic (exact) mass is 545 g/mol. The Labute approximate surface area is 231 Å². The molecule has 2 N–H and O–H groups in total. The number of aromatic nitrogens is 1. The van der Waals surface area contributed by atoms with Gasteiger partial charge >= 0.3 is 0 Å². The van der Waals surface area contributed by atoms with Crippen LogP contribution in [-0.4, -0.2) is 35.7 Å². The maximum absolute atomic E-state index is 5.75. The Morgan fingerprint density at radius 3 is 2.35 bits per heavy atom. The Morgan fingerprint density at radius 1 is 1.03 bits per heavy atom. The number of thiazole rings is 1. The first-order valence-corrected chi connectivity index (χ1v) is 14.6. The Kier molecular flexibility index (Phi) is 13.9. The van der Waals surface area contributed by atoms with Gasteiger partial charge in [-0.15, -0.1) is 11.3 Å². The second-order valence-electron chi connectivity index (χ2n) is 9.15. The van der Waals surface area contributed by atoms with Crippen molar-refractivity contribution in [3.05, 3.63) is 64.1 Å². The second kappa shape index (κ2) is 16.6. The molecule has 0 amide bonds. The van der Waals surface area contributed by atoms with E-state index in [2.05, 4.69) is 43.1 Å². The molecule has 1 aromatic heterocycles. The maximum Gasteiger partial charge on any atom is 0.231 e. The molecule has 1 unspecified atom stereocenters. The lowest BCUT2D eigenvalue weighted by Crippen LogP contribution is -2.29. The van der Waals surface area contributed by atoms with E-state index in [1.807, 2.05) is 62.5 Å². The molecule has 0 radical (unpaired) electrons. The van der Waals surface area contributed by atoms with E-state index in [-0.39, 0.29) is 0 Å². The minimum atomic E-state index is 0.323. The van der Waals surface area contributed by atoms with E-state index < -0.39 is 0 Å². The molecule has 1 aliphatic heterocycles. The number of fused-ring (bicyclic) bond motifs is 1. The van der Waals surface area contributed by atoms with Crippen molar-refractivity contribution >= 4 is 23.3 Å². The third-order valence-corrected chi connectivity index (χ3v) is 6.98. The molecule has 4 rings (SSSR count). The number of hydrogen-bond acceptors (Lipinski definition) is 8. The Morgan fingerprint density at radius 2 is 1.73 bits per heavy atom. The fourth-order valence-corrected chi connectivity index (χ4v) is 5.21. The van der Waals surface area contributed by atoms with E-state index in [9.17, 15) is 0 Å². The molecule has 0 spiro atoms. The molecular formula is C29H43N3O3S2. The van der Waals surface area contributed by atoms with Gasteiger partial charge in [-0.25, -0.2) is 9.29 Å². The maximum atomic E-state index is 5.75. The highest BCUT2D eigenvalue weighted by Crippen LogP contribution is 2.36. The fraction of sp³-hybridized carbons (Fsp3) is 0.483. The normalized spacial score (nSPS) is 12.5. The number of ether oxygens (including phenoxy) is 3. The van der Waals surface area contributed by atoms with Crippen LogP contribution in [0, 0.1) is 25.7 Å². The van der Waals surface area contributed by atoms with Crippen molar-refractivity contribution in [2.75, 3.05) is 26.4 Å². The first kappa shape index (κ1) is 31.0. The predicted octanol–water partition coefficient (Wildman–Crippen LogP) is 7.34. The summed E-state index contributed by atoms with van der Waals surface area (Å²) < 4.78 is 18.8. The number of nitrogens with zero attached hydrogens (tertiary/aromatic N) is 2. The summed E-state index contributed by atoms with van der Waals surface area (Å²) in [6.07, 6.45) is 0. The van der Waals surface area contributed by atoms with Crippen LogP contribution in [0.25, 0.3) is 0 Å². The molecule has 2 heterocycles. The fourth-order valence-electron chi connectivity index (χ4n) is 3.33. The molecule has 0 bridgehead atoms. The summed E-state index contributed by atoms with van der Waals surface area (Å²) in [5.41, 5.74) is 7.99. The van der Waals surface area contributed by atoms with Gasteiger partial charge in [-0.05, 0) is 74.5 Å². The first-order valence-electron chi connectivity index (χ1n) is 13.0. The molecule has 0 aliphatic carbocycles. The van der Waals surface area contributed by atoms with Gasteiger partial charge in [0.1, 0.15) is 12.4 Å². The standard InChI is InChI=1S/C15H24N2O2S.C12H13NOS.C2H6/c1-11(2)8-17(9-12(3)7-16)20-13-4-5-14-15(6-13)19-10-18-14;1-9-3-5-12(6-4-9)14-7-11-8-15-10(2)13-11;1-2/h4-6,11-12H,7-10,16H2,1-3H3;3-6,8H,7H2,1-2H3;1-2H3. The smallest absolute Gasteiger partial charge is 0.231 e. The highest BCUT2D eigenvalue weighted by molar-refractivity contribution is 7.97.